The molecule has 0 aromatic heterocycles. The van der Waals surface area contributed by atoms with Crippen LogP contribution in [0.4, 0.5) is 4.79 Å². The second kappa shape index (κ2) is 12.5. The molecular formula is C17H28N2O8. The number of carbonyl (C=O) groups excluding carboxylic acids is 3. The lowest BCUT2D eigenvalue weighted by Crippen LogP contribution is -2.34. The van der Waals surface area contributed by atoms with Crippen LogP contribution in [-0.2, 0) is 33.3 Å². The predicted octanol–water partition coefficient (Wildman–Crippen LogP) is -0.346. The number of ether oxygens (including phenoxy) is 5. The molecule has 2 rings (SSSR count). The maximum Gasteiger partial charge on any atom is 0.320 e. The summed E-state index contributed by atoms with van der Waals surface area (Å²) in [6, 6.07) is -0.176. The molecule has 2 bridgehead atoms. The number of esters is 2. The molecule has 27 heavy (non-hydrogen) atoms. The monoisotopic (exact) mass is 388 g/mol. The molecule has 0 N–H and O–H groups in total. The lowest BCUT2D eigenvalue weighted by atomic mass is 10.4. The number of hydrogen-bond donors (Lipinski definition) is 0. The van der Waals surface area contributed by atoms with Gasteiger partial charge in [-0.1, -0.05) is 0 Å². The van der Waals surface area contributed by atoms with E-state index in [2.05, 4.69) is 0 Å². The van der Waals surface area contributed by atoms with Crippen molar-refractivity contribution in [2.75, 3.05) is 79.0 Å². The molecule has 10 heteroatoms. The summed E-state index contributed by atoms with van der Waals surface area (Å²) in [6.07, 6.45) is 0.259. The molecule has 2 aliphatic heterocycles. The first kappa shape index (κ1) is 21.4. The van der Waals surface area contributed by atoms with Crippen molar-refractivity contribution in [3.63, 3.8) is 0 Å². The molecule has 2 fully saturated rings. The van der Waals surface area contributed by atoms with E-state index in [0.717, 1.165) is 0 Å². The molecule has 2 aliphatic rings. The van der Waals surface area contributed by atoms with Crippen LogP contribution in [0.25, 0.3) is 0 Å². The van der Waals surface area contributed by atoms with Crippen molar-refractivity contribution >= 4 is 18.0 Å². The Balaban J connectivity index is 1.76. The number of urea groups is 1. The van der Waals surface area contributed by atoms with Crippen molar-refractivity contribution in [3.05, 3.63) is 0 Å². The second-order valence-corrected chi connectivity index (χ2v) is 6.03. The number of amides is 2. The molecule has 0 aliphatic carbocycles. The zero-order valence-electron chi connectivity index (χ0n) is 15.6. The van der Waals surface area contributed by atoms with E-state index in [-0.39, 0.29) is 44.0 Å². The van der Waals surface area contributed by atoms with E-state index in [9.17, 15) is 14.4 Å². The SMILES string of the molecule is O=C1CCN2CCN(CCC(=O)OCCOCCOCCOCCO1)C2=O. The van der Waals surface area contributed by atoms with E-state index >= 15 is 0 Å². The van der Waals surface area contributed by atoms with Crippen molar-refractivity contribution in [2.24, 2.45) is 0 Å². The zero-order valence-corrected chi connectivity index (χ0v) is 15.6. The maximum atomic E-state index is 12.3. The van der Waals surface area contributed by atoms with Crippen LogP contribution in [0, 0.1) is 0 Å². The molecule has 0 aromatic carbocycles. The van der Waals surface area contributed by atoms with Gasteiger partial charge in [-0.2, -0.15) is 0 Å². The first-order valence-electron chi connectivity index (χ1n) is 9.25. The molecule has 2 amide bonds. The summed E-state index contributed by atoms with van der Waals surface area (Å²) < 4.78 is 26.1. The number of cyclic esters (lactones) is 2. The van der Waals surface area contributed by atoms with Gasteiger partial charge in [0.2, 0.25) is 0 Å². The molecule has 0 spiro atoms. The molecule has 10 nitrogen and oxygen atoms in total. The van der Waals surface area contributed by atoms with E-state index in [0.29, 0.717) is 65.8 Å². The summed E-state index contributed by atoms with van der Waals surface area (Å²) in [6.45, 7) is 4.21. The minimum atomic E-state index is -0.371. The van der Waals surface area contributed by atoms with Crippen LogP contribution in [0.1, 0.15) is 12.8 Å². The normalized spacial score (nSPS) is 23.2. The van der Waals surface area contributed by atoms with Crippen molar-refractivity contribution in [1.29, 1.82) is 0 Å². The van der Waals surface area contributed by atoms with Gasteiger partial charge in [-0.3, -0.25) is 9.59 Å². The lowest BCUT2D eigenvalue weighted by molar-refractivity contribution is -0.146. The fourth-order valence-corrected chi connectivity index (χ4v) is 2.62. The van der Waals surface area contributed by atoms with Crippen LogP contribution < -0.4 is 0 Å². The van der Waals surface area contributed by atoms with Gasteiger partial charge in [-0.15, -0.1) is 0 Å². The number of hydrogen-bond acceptors (Lipinski definition) is 8. The molecule has 0 atom stereocenters. The molecule has 0 aromatic rings. The Morgan fingerprint density at radius 1 is 0.519 bits per heavy atom. The summed E-state index contributed by atoms with van der Waals surface area (Å²) >= 11 is 0. The number of rotatable bonds is 0. The maximum absolute atomic E-state index is 12.3. The standard InChI is InChI=1S/C17H28N2O8/c20-15-1-3-18-5-6-19(17(18)22)4-2-16(21)27-14-12-25-10-8-23-7-9-24-11-13-26-15/h1-14H2. The van der Waals surface area contributed by atoms with E-state index in [1.54, 1.807) is 9.80 Å². The Morgan fingerprint density at radius 3 is 1.30 bits per heavy atom. The van der Waals surface area contributed by atoms with Gasteiger partial charge in [0.05, 0.1) is 52.5 Å². The molecular weight excluding hydrogens is 360 g/mol. The fourth-order valence-electron chi connectivity index (χ4n) is 2.62. The van der Waals surface area contributed by atoms with E-state index in [4.69, 9.17) is 23.7 Å². The van der Waals surface area contributed by atoms with Gasteiger partial charge in [0.1, 0.15) is 13.2 Å². The highest BCUT2D eigenvalue weighted by Gasteiger charge is 2.28. The minimum Gasteiger partial charge on any atom is -0.463 e. The summed E-state index contributed by atoms with van der Waals surface area (Å²) in [5.41, 5.74) is 0. The highest BCUT2D eigenvalue weighted by atomic mass is 16.6. The Bertz CT molecular complexity index is 448. The third kappa shape index (κ3) is 8.55. The van der Waals surface area contributed by atoms with Crippen molar-refractivity contribution in [1.82, 2.24) is 9.80 Å². The average Bonchev–Trinajstić information content (AvgIpc) is 3.01. The smallest absolute Gasteiger partial charge is 0.320 e. The fraction of sp³-hybridized carbons (Fsp3) is 0.824. The van der Waals surface area contributed by atoms with Crippen LogP contribution >= 0.6 is 0 Å². The van der Waals surface area contributed by atoms with Crippen molar-refractivity contribution in [3.8, 4) is 0 Å². The van der Waals surface area contributed by atoms with Gasteiger partial charge < -0.3 is 33.5 Å². The van der Waals surface area contributed by atoms with Crippen molar-refractivity contribution in [2.45, 2.75) is 12.8 Å². The molecule has 2 saturated heterocycles. The minimum absolute atomic E-state index is 0.130. The quantitative estimate of drug-likeness (QED) is 0.519. The summed E-state index contributed by atoms with van der Waals surface area (Å²) in [7, 11) is 0. The van der Waals surface area contributed by atoms with Crippen LogP contribution in [0.15, 0.2) is 0 Å². The average molecular weight is 388 g/mol. The first-order chi connectivity index (χ1) is 13.2. The van der Waals surface area contributed by atoms with Gasteiger partial charge in [0, 0.05) is 26.2 Å². The summed E-state index contributed by atoms with van der Waals surface area (Å²) in [4.78, 5) is 38.9. The Kier molecular flexibility index (Phi) is 9.88. The van der Waals surface area contributed by atoms with Crippen LogP contribution in [-0.4, -0.2) is 107 Å². The van der Waals surface area contributed by atoms with Crippen LogP contribution in [0.2, 0.25) is 0 Å². The predicted molar refractivity (Wildman–Crippen MR) is 92.2 cm³/mol. The largest absolute Gasteiger partial charge is 0.463 e. The van der Waals surface area contributed by atoms with Gasteiger partial charge in [0.15, 0.2) is 0 Å². The Morgan fingerprint density at radius 2 is 0.889 bits per heavy atom. The topological polar surface area (TPSA) is 104 Å². The number of carbonyl (C=O) groups is 3. The van der Waals surface area contributed by atoms with E-state index in [1.807, 2.05) is 0 Å². The summed E-state index contributed by atoms with van der Waals surface area (Å²) in [5, 5.41) is 0. The summed E-state index contributed by atoms with van der Waals surface area (Å²) in [5.74, 6) is -0.743. The first-order valence-corrected chi connectivity index (χ1v) is 9.25. The van der Waals surface area contributed by atoms with Crippen LogP contribution in [0.3, 0.4) is 0 Å². The van der Waals surface area contributed by atoms with Crippen molar-refractivity contribution < 1.29 is 38.1 Å². The highest BCUT2D eigenvalue weighted by molar-refractivity contribution is 5.78. The zero-order chi connectivity index (χ0) is 19.3. The van der Waals surface area contributed by atoms with Gasteiger partial charge in [-0.25, -0.2) is 4.79 Å². The molecule has 0 saturated carbocycles. The second-order valence-electron chi connectivity index (χ2n) is 6.03. The van der Waals surface area contributed by atoms with Crippen LogP contribution in [0.5, 0.6) is 0 Å². The number of nitrogens with zero attached hydrogens (tertiary/aromatic N) is 2. The third-order valence-corrected chi connectivity index (χ3v) is 4.08. The molecule has 0 radical (unpaired) electrons. The molecule has 2 heterocycles. The Hall–Kier alpha value is -1.91. The Labute approximate surface area is 158 Å². The van der Waals surface area contributed by atoms with E-state index in [1.165, 1.54) is 0 Å². The van der Waals surface area contributed by atoms with Gasteiger partial charge in [-0.05, 0) is 0 Å². The highest BCUT2D eigenvalue weighted by Crippen LogP contribution is 2.10. The lowest BCUT2D eigenvalue weighted by Gasteiger charge is -2.18. The van der Waals surface area contributed by atoms with Gasteiger partial charge in [0.25, 0.3) is 0 Å². The molecule has 0 unspecified atom stereocenters. The third-order valence-electron chi connectivity index (χ3n) is 4.08. The number of fused-ring (bicyclic) bond motifs is 2. The van der Waals surface area contributed by atoms with E-state index < -0.39 is 0 Å². The molecule has 154 valence electrons. The van der Waals surface area contributed by atoms with Gasteiger partial charge >= 0.3 is 18.0 Å².